The fraction of sp³-hybridized carbons (Fsp3) is 0.100. The Bertz CT molecular complexity index is 1580. The molecule has 0 radical (unpaired) electrons. The monoisotopic (exact) mass is 553 g/mol. The van der Waals surface area contributed by atoms with Gasteiger partial charge in [-0.05, 0) is 97.1 Å². The molecule has 0 aliphatic carbocycles. The van der Waals surface area contributed by atoms with E-state index in [4.69, 9.17) is 33.3 Å². The van der Waals surface area contributed by atoms with E-state index in [1.165, 1.54) is 0 Å². The van der Waals surface area contributed by atoms with Crippen LogP contribution in [0.4, 0.5) is 5.69 Å². The molecule has 0 amide bonds. The minimum absolute atomic E-state index is 0.185. The van der Waals surface area contributed by atoms with Crippen LogP contribution in [0, 0.1) is 0 Å². The summed E-state index contributed by atoms with van der Waals surface area (Å²) in [6.07, 6.45) is 5.44. The van der Waals surface area contributed by atoms with Crippen molar-refractivity contribution in [1.29, 1.82) is 0 Å². The summed E-state index contributed by atoms with van der Waals surface area (Å²) in [6, 6.07) is 28.7. The first kappa shape index (κ1) is 24.9. The van der Waals surface area contributed by atoms with Gasteiger partial charge in [0.25, 0.3) is 0 Å². The Hall–Kier alpha value is -4.40. The quantitative estimate of drug-likeness (QED) is 0.220. The molecule has 1 aliphatic heterocycles. The molecule has 1 saturated heterocycles. The molecule has 0 unspecified atom stereocenters. The molecule has 1 fully saturated rings. The third-order valence-electron chi connectivity index (χ3n) is 6.55. The van der Waals surface area contributed by atoms with Crippen molar-refractivity contribution in [3.63, 3.8) is 0 Å². The first-order valence-corrected chi connectivity index (χ1v) is 13.1. The third kappa shape index (κ3) is 5.04. The maximum atomic E-state index is 6.11. The lowest BCUT2D eigenvalue weighted by atomic mass is 10.0. The SMILES string of the molecule is COc1ccc(Oc2ccc(N3C(=S)N[C@@H](c4ccccn4)[C@@H]3c3cccn3-c3ccc(Cl)cn3)cc2)cc1. The van der Waals surface area contributed by atoms with E-state index in [1.54, 1.807) is 19.5 Å². The van der Waals surface area contributed by atoms with Crippen LogP contribution in [0.15, 0.2) is 110 Å². The lowest BCUT2D eigenvalue weighted by Gasteiger charge is -2.29. The van der Waals surface area contributed by atoms with Gasteiger partial charge in [0.1, 0.15) is 29.1 Å². The first-order chi connectivity index (χ1) is 19.1. The molecule has 9 heteroatoms. The predicted molar refractivity (Wildman–Crippen MR) is 156 cm³/mol. The molecule has 39 heavy (non-hydrogen) atoms. The molecule has 4 heterocycles. The fourth-order valence-corrected chi connectivity index (χ4v) is 5.20. The summed E-state index contributed by atoms with van der Waals surface area (Å²) in [4.78, 5) is 11.3. The van der Waals surface area contributed by atoms with Crippen molar-refractivity contribution in [2.75, 3.05) is 12.0 Å². The maximum Gasteiger partial charge on any atom is 0.174 e. The van der Waals surface area contributed by atoms with E-state index in [-0.39, 0.29) is 12.1 Å². The van der Waals surface area contributed by atoms with Crippen molar-refractivity contribution in [3.05, 3.63) is 126 Å². The molecule has 2 aromatic carbocycles. The van der Waals surface area contributed by atoms with Gasteiger partial charge in [0.05, 0.1) is 23.9 Å². The summed E-state index contributed by atoms with van der Waals surface area (Å²) >= 11 is 12.0. The van der Waals surface area contributed by atoms with Crippen molar-refractivity contribution >= 4 is 34.6 Å². The van der Waals surface area contributed by atoms with Gasteiger partial charge in [0.15, 0.2) is 5.11 Å². The van der Waals surface area contributed by atoms with Gasteiger partial charge in [-0.2, -0.15) is 0 Å². The Labute approximate surface area is 236 Å². The Balaban J connectivity index is 1.36. The van der Waals surface area contributed by atoms with Gasteiger partial charge in [0.2, 0.25) is 0 Å². The van der Waals surface area contributed by atoms with E-state index in [0.29, 0.717) is 15.9 Å². The molecule has 0 bridgehead atoms. The van der Waals surface area contributed by atoms with E-state index in [9.17, 15) is 0 Å². The number of hydrogen-bond donors (Lipinski definition) is 1. The highest BCUT2D eigenvalue weighted by atomic mass is 35.5. The molecule has 0 spiro atoms. The summed E-state index contributed by atoms with van der Waals surface area (Å²) in [7, 11) is 1.64. The van der Waals surface area contributed by atoms with Crippen molar-refractivity contribution < 1.29 is 9.47 Å². The molecule has 1 N–H and O–H groups in total. The van der Waals surface area contributed by atoms with Gasteiger partial charge in [-0.25, -0.2) is 4.98 Å². The average molecular weight is 554 g/mol. The number of nitrogens with one attached hydrogen (secondary N) is 1. The average Bonchev–Trinajstić information content (AvgIpc) is 3.59. The van der Waals surface area contributed by atoms with Crippen molar-refractivity contribution in [2.24, 2.45) is 0 Å². The summed E-state index contributed by atoms with van der Waals surface area (Å²) < 4.78 is 13.3. The second-order valence-corrected chi connectivity index (χ2v) is 9.73. The molecule has 3 aromatic heterocycles. The van der Waals surface area contributed by atoms with Gasteiger partial charge < -0.3 is 24.3 Å². The van der Waals surface area contributed by atoms with Crippen LogP contribution in [0.1, 0.15) is 23.5 Å². The van der Waals surface area contributed by atoms with Gasteiger partial charge in [-0.3, -0.25) is 4.98 Å². The van der Waals surface area contributed by atoms with Crippen molar-refractivity contribution in [1.82, 2.24) is 19.9 Å². The van der Waals surface area contributed by atoms with Gasteiger partial charge in [0, 0.05) is 30.0 Å². The molecule has 7 nitrogen and oxygen atoms in total. The number of nitrogens with zero attached hydrogens (tertiary/aromatic N) is 4. The van der Waals surface area contributed by atoms with Crippen LogP contribution < -0.4 is 19.7 Å². The van der Waals surface area contributed by atoms with Gasteiger partial charge in [-0.1, -0.05) is 17.7 Å². The Morgan fingerprint density at radius 2 is 1.59 bits per heavy atom. The number of ether oxygens (including phenoxy) is 2. The first-order valence-electron chi connectivity index (χ1n) is 12.3. The number of hydrogen-bond acceptors (Lipinski definition) is 5. The van der Waals surface area contributed by atoms with Crippen LogP contribution >= 0.6 is 23.8 Å². The number of pyridine rings is 2. The summed E-state index contributed by atoms with van der Waals surface area (Å²) in [5.74, 6) is 2.98. The Morgan fingerprint density at radius 1 is 0.846 bits per heavy atom. The van der Waals surface area contributed by atoms with E-state index >= 15 is 0 Å². The zero-order chi connectivity index (χ0) is 26.8. The molecule has 5 aromatic rings. The van der Waals surface area contributed by atoms with Crippen LogP contribution in [0.25, 0.3) is 5.82 Å². The van der Waals surface area contributed by atoms with E-state index in [1.807, 2.05) is 91.1 Å². The van der Waals surface area contributed by atoms with E-state index in [2.05, 4.69) is 30.8 Å². The zero-order valence-corrected chi connectivity index (χ0v) is 22.5. The van der Waals surface area contributed by atoms with Crippen LogP contribution in [-0.2, 0) is 0 Å². The highest BCUT2D eigenvalue weighted by Gasteiger charge is 2.42. The second-order valence-electron chi connectivity index (χ2n) is 8.91. The zero-order valence-electron chi connectivity index (χ0n) is 20.9. The molecular formula is C30H24ClN5O2S. The van der Waals surface area contributed by atoms with Crippen molar-refractivity contribution in [2.45, 2.75) is 12.1 Å². The molecule has 6 rings (SSSR count). The van der Waals surface area contributed by atoms with Crippen molar-refractivity contribution in [3.8, 4) is 23.1 Å². The summed E-state index contributed by atoms with van der Waals surface area (Å²) in [5.41, 5.74) is 2.82. The van der Waals surface area contributed by atoms with Crippen LogP contribution in [0.5, 0.6) is 17.2 Å². The maximum absolute atomic E-state index is 6.11. The largest absolute Gasteiger partial charge is 0.497 e. The summed E-state index contributed by atoms with van der Waals surface area (Å²) in [6.45, 7) is 0. The van der Waals surface area contributed by atoms with Crippen LogP contribution in [0.2, 0.25) is 5.02 Å². The minimum Gasteiger partial charge on any atom is -0.497 e. The number of halogens is 1. The normalized spacial score (nSPS) is 16.7. The van der Waals surface area contributed by atoms with Gasteiger partial charge in [-0.15, -0.1) is 0 Å². The number of anilines is 1. The lowest BCUT2D eigenvalue weighted by molar-refractivity contribution is 0.413. The topological polar surface area (TPSA) is 64.4 Å². The van der Waals surface area contributed by atoms with Gasteiger partial charge >= 0.3 is 0 Å². The van der Waals surface area contributed by atoms with Crippen LogP contribution in [0.3, 0.4) is 0 Å². The molecule has 1 aliphatic rings. The highest BCUT2D eigenvalue weighted by molar-refractivity contribution is 7.80. The predicted octanol–water partition coefficient (Wildman–Crippen LogP) is 6.90. The molecule has 2 atom stereocenters. The third-order valence-corrected chi connectivity index (χ3v) is 7.09. The van der Waals surface area contributed by atoms with Crippen LogP contribution in [-0.4, -0.2) is 26.8 Å². The standard InChI is InChI=1S/C30H24ClN5O2S/c1-37-22-12-14-24(15-13-22)38-23-10-8-21(9-11-23)36-29(28(34-30(36)39)25-5-2-3-17-32-25)26-6-4-18-35(26)27-16-7-20(31)19-33-27/h2-19,28-29H,1H3,(H,34,39)/t28-,29-/m0/s1. The van der Waals surface area contributed by atoms with E-state index < -0.39 is 0 Å². The second kappa shape index (κ2) is 10.8. The van der Waals surface area contributed by atoms with E-state index in [0.717, 1.165) is 34.4 Å². The minimum atomic E-state index is -0.201. The Morgan fingerprint density at radius 3 is 2.26 bits per heavy atom. The lowest BCUT2D eigenvalue weighted by Crippen LogP contribution is -2.30. The highest BCUT2D eigenvalue weighted by Crippen LogP contribution is 2.42. The summed E-state index contributed by atoms with van der Waals surface area (Å²) in [5, 5.41) is 4.70. The number of rotatable bonds is 7. The fourth-order valence-electron chi connectivity index (χ4n) is 4.74. The molecule has 194 valence electrons. The Kier molecular flexibility index (Phi) is 6.87. The number of methoxy groups -OCH3 is 1. The molecule has 0 saturated carbocycles. The molecular weight excluding hydrogens is 530 g/mol. The number of aromatic nitrogens is 3. The number of benzene rings is 2. The smallest absolute Gasteiger partial charge is 0.174 e. The number of thiocarbonyl (C=S) groups is 1.